The zero-order chi connectivity index (χ0) is 9.47. The molecule has 13 heavy (non-hydrogen) atoms. The molecule has 0 aliphatic carbocycles. The van der Waals surface area contributed by atoms with Gasteiger partial charge in [-0.3, -0.25) is 0 Å². The SMILES string of the molecule is CC(C)(C)C1OCCc2[nH]cnc21. The highest BCUT2D eigenvalue weighted by Crippen LogP contribution is 2.38. The van der Waals surface area contributed by atoms with Gasteiger partial charge < -0.3 is 9.72 Å². The minimum Gasteiger partial charge on any atom is -0.371 e. The number of hydrogen-bond donors (Lipinski definition) is 1. The quantitative estimate of drug-likeness (QED) is 0.663. The molecule has 0 saturated carbocycles. The molecule has 0 bridgehead atoms. The van der Waals surface area contributed by atoms with Crippen LogP contribution in [0, 0.1) is 5.41 Å². The molecule has 0 radical (unpaired) electrons. The molecule has 1 N–H and O–H groups in total. The van der Waals surface area contributed by atoms with Gasteiger partial charge in [0, 0.05) is 12.1 Å². The van der Waals surface area contributed by atoms with Crippen LogP contribution in [0.1, 0.15) is 38.3 Å². The van der Waals surface area contributed by atoms with Gasteiger partial charge in [0.05, 0.1) is 18.6 Å². The Kier molecular flexibility index (Phi) is 1.91. The third kappa shape index (κ3) is 1.48. The number of hydrogen-bond acceptors (Lipinski definition) is 2. The van der Waals surface area contributed by atoms with Crippen molar-refractivity contribution in [2.75, 3.05) is 6.61 Å². The number of H-pyrrole nitrogens is 1. The Labute approximate surface area is 78.5 Å². The van der Waals surface area contributed by atoms with Gasteiger partial charge in [-0.15, -0.1) is 0 Å². The van der Waals surface area contributed by atoms with Crippen LogP contribution in [-0.4, -0.2) is 16.6 Å². The van der Waals surface area contributed by atoms with Gasteiger partial charge in [-0.05, 0) is 5.41 Å². The van der Waals surface area contributed by atoms with Crippen molar-refractivity contribution in [2.24, 2.45) is 5.41 Å². The van der Waals surface area contributed by atoms with Gasteiger partial charge in [0.25, 0.3) is 0 Å². The minimum atomic E-state index is 0.129. The Morgan fingerprint density at radius 2 is 2.31 bits per heavy atom. The van der Waals surface area contributed by atoms with Crippen LogP contribution in [0.3, 0.4) is 0 Å². The van der Waals surface area contributed by atoms with Crippen LogP contribution >= 0.6 is 0 Å². The monoisotopic (exact) mass is 180 g/mol. The predicted octanol–water partition coefficient (Wildman–Crippen LogP) is 2.07. The van der Waals surface area contributed by atoms with Crippen molar-refractivity contribution in [1.29, 1.82) is 0 Å². The van der Waals surface area contributed by atoms with Crippen molar-refractivity contribution in [3.8, 4) is 0 Å². The molecular formula is C10H16N2O. The average molecular weight is 180 g/mol. The van der Waals surface area contributed by atoms with E-state index in [0.29, 0.717) is 0 Å². The molecule has 1 aliphatic heterocycles. The van der Waals surface area contributed by atoms with Crippen molar-refractivity contribution < 1.29 is 4.74 Å². The maximum Gasteiger partial charge on any atom is 0.106 e. The molecule has 1 aromatic rings. The van der Waals surface area contributed by atoms with Crippen molar-refractivity contribution >= 4 is 0 Å². The third-order valence-corrected chi connectivity index (χ3v) is 2.42. The van der Waals surface area contributed by atoms with E-state index in [9.17, 15) is 0 Å². The third-order valence-electron chi connectivity index (χ3n) is 2.42. The zero-order valence-electron chi connectivity index (χ0n) is 8.42. The molecule has 0 amide bonds. The van der Waals surface area contributed by atoms with Gasteiger partial charge in [0.1, 0.15) is 6.10 Å². The lowest BCUT2D eigenvalue weighted by Crippen LogP contribution is -2.27. The van der Waals surface area contributed by atoms with E-state index in [-0.39, 0.29) is 11.5 Å². The summed E-state index contributed by atoms with van der Waals surface area (Å²) in [5.41, 5.74) is 2.47. The van der Waals surface area contributed by atoms with Gasteiger partial charge in [0.2, 0.25) is 0 Å². The van der Waals surface area contributed by atoms with Gasteiger partial charge in [-0.25, -0.2) is 4.98 Å². The molecule has 3 heteroatoms. The van der Waals surface area contributed by atoms with Crippen LogP contribution in [0.2, 0.25) is 0 Å². The highest BCUT2D eigenvalue weighted by atomic mass is 16.5. The van der Waals surface area contributed by atoms with Crippen molar-refractivity contribution in [3.05, 3.63) is 17.7 Å². The van der Waals surface area contributed by atoms with E-state index in [1.54, 1.807) is 6.33 Å². The summed E-state index contributed by atoms with van der Waals surface area (Å²) in [6.07, 6.45) is 2.86. The summed E-state index contributed by atoms with van der Waals surface area (Å²) in [6, 6.07) is 0. The standard InChI is InChI=1S/C10H16N2O/c1-10(2,3)9-8-7(4-5-13-9)11-6-12-8/h6,9H,4-5H2,1-3H3,(H,11,12). The first-order chi connectivity index (χ1) is 6.09. The Morgan fingerprint density at radius 3 is 3.00 bits per heavy atom. The van der Waals surface area contributed by atoms with Crippen LogP contribution in [0.5, 0.6) is 0 Å². The van der Waals surface area contributed by atoms with Crippen LogP contribution in [0.15, 0.2) is 6.33 Å². The summed E-state index contributed by atoms with van der Waals surface area (Å²) in [7, 11) is 0. The molecule has 1 unspecified atom stereocenters. The number of rotatable bonds is 0. The van der Waals surface area contributed by atoms with Crippen LogP contribution < -0.4 is 0 Å². The highest BCUT2D eigenvalue weighted by Gasteiger charge is 2.33. The van der Waals surface area contributed by atoms with E-state index in [4.69, 9.17) is 4.74 Å². The lowest BCUT2D eigenvalue weighted by Gasteiger charge is -2.32. The molecule has 0 saturated heterocycles. The Balaban J connectivity index is 2.35. The second-order valence-electron chi connectivity index (χ2n) is 4.63. The van der Waals surface area contributed by atoms with E-state index >= 15 is 0 Å². The fourth-order valence-corrected chi connectivity index (χ4v) is 1.78. The maximum atomic E-state index is 5.74. The van der Waals surface area contributed by atoms with Gasteiger partial charge in [-0.1, -0.05) is 20.8 Å². The number of aromatic amines is 1. The fraction of sp³-hybridized carbons (Fsp3) is 0.700. The van der Waals surface area contributed by atoms with E-state index in [2.05, 4.69) is 30.7 Å². The Hall–Kier alpha value is -0.830. The number of nitrogens with one attached hydrogen (secondary N) is 1. The van der Waals surface area contributed by atoms with E-state index in [0.717, 1.165) is 18.7 Å². The predicted molar refractivity (Wildman–Crippen MR) is 50.4 cm³/mol. The van der Waals surface area contributed by atoms with Gasteiger partial charge in [0.15, 0.2) is 0 Å². The molecule has 1 aromatic heterocycles. The molecular weight excluding hydrogens is 164 g/mol. The first-order valence-electron chi connectivity index (χ1n) is 4.73. The fourth-order valence-electron chi connectivity index (χ4n) is 1.78. The molecule has 0 fully saturated rings. The van der Waals surface area contributed by atoms with Crippen LogP contribution in [-0.2, 0) is 11.2 Å². The van der Waals surface area contributed by atoms with Crippen molar-refractivity contribution in [3.63, 3.8) is 0 Å². The first kappa shape index (κ1) is 8.75. The van der Waals surface area contributed by atoms with E-state index in [1.165, 1.54) is 5.69 Å². The second-order valence-corrected chi connectivity index (χ2v) is 4.63. The summed E-state index contributed by atoms with van der Waals surface area (Å²) >= 11 is 0. The summed E-state index contributed by atoms with van der Waals surface area (Å²) < 4.78 is 5.74. The summed E-state index contributed by atoms with van der Waals surface area (Å²) in [6.45, 7) is 7.35. The van der Waals surface area contributed by atoms with E-state index in [1.807, 2.05) is 0 Å². The lowest BCUT2D eigenvalue weighted by atomic mass is 9.85. The highest BCUT2D eigenvalue weighted by molar-refractivity contribution is 5.18. The molecule has 1 aliphatic rings. The summed E-state index contributed by atoms with van der Waals surface area (Å²) in [5.74, 6) is 0. The van der Waals surface area contributed by atoms with Gasteiger partial charge >= 0.3 is 0 Å². The molecule has 0 spiro atoms. The molecule has 1 atom stereocenters. The normalized spacial score (nSPS) is 22.8. The number of aromatic nitrogens is 2. The number of nitrogens with zero attached hydrogens (tertiary/aromatic N) is 1. The number of imidazole rings is 1. The van der Waals surface area contributed by atoms with Crippen molar-refractivity contribution in [1.82, 2.24) is 9.97 Å². The lowest BCUT2D eigenvalue weighted by molar-refractivity contribution is -0.0315. The molecule has 0 aromatic carbocycles. The smallest absolute Gasteiger partial charge is 0.106 e. The van der Waals surface area contributed by atoms with Crippen LogP contribution in [0.25, 0.3) is 0 Å². The Morgan fingerprint density at radius 1 is 1.54 bits per heavy atom. The zero-order valence-corrected chi connectivity index (χ0v) is 8.42. The second kappa shape index (κ2) is 2.84. The largest absolute Gasteiger partial charge is 0.371 e. The summed E-state index contributed by atoms with van der Waals surface area (Å²) in [5, 5.41) is 0. The average Bonchev–Trinajstić information content (AvgIpc) is 2.48. The maximum absolute atomic E-state index is 5.74. The molecule has 2 rings (SSSR count). The van der Waals surface area contributed by atoms with Crippen molar-refractivity contribution in [2.45, 2.75) is 33.3 Å². The van der Waals surface area contributed by atoms with E-state index < -0.39 is 0 Å². The molecule has 72 valence electrons. The topological polar surface area (TPSA) is 37.9 Å². The number of fused-ring (bicyclic) bond motifs is 1. The Bertz CT molecular complexity index is 298. The minimum absolute atomic E-state index is 0.129. The van der Waals surface area contributed by atoms with Crippen LogP contribution in [0.4, 0.5) is 0 Å². The number of ether oxygens (including phenoxy) is 1. The van der Waals surface area contributed by atoms with Gasteiger partial charge in [-0.2, -0.15) is 0 Å². The molecule has 3 nitrogen and oxygen atoms in total. The first-order valence-corrected chi connectivity index (χ1v) is 4.73. The summed E-state index contributed by atoms with van der Waals surface area (Å²) in [4.78, 5) is 7.49. The molecule has 2 heterocycles.